The molecule has 1 aliphatic heterocycles. The number of ketones is 1. The molecule has 1 fully saturated rings. The molecule has 2 aromatic carbocycles. The van der Waals surface area contributed by atoms with Gasteiger partial charge in [-0.25, -0.2) is 4.39 Å². The molecule has 6 nitrogen and oxygen atoms in total. The van der Waals surface area contributed by atoms with Crippen LogP contribution in [0.15, 0.2) is 54.7 Å². The predicted molar refractivity (Wildman–Crippen MR) is 102 cm³/mol. The quantitative estimate of drug-likeness (QED) is 0.561. The number of carbonyl (C=O) groups is 3. The molecule has 2 heterocycles. The van der Waals surface area contributed by atoms with Crippen molar-refractivity contribution < 1.29 is 18.8 Å². The molecule has 1 aromatic heterocycles. The fraction of sp³-hybridized carbons (Fsp3) is 0.190. The lowest BCUT2D eigenvalue weighted by atomic mass is 10.1. The van der Waals surface area contributed by atoms with Gasteiger partial charge in [-0.05, 0) is 24.3 Å². The Bertz CT molecular complexity index is 1050. The van der Waals surface area contributed by atoms with Crippen LogP contribution in [0.2, 0.25) is 0 Å². The summed E-state index contributed by atoms with van der Waals surface area (Å²) in [7, 11) is 0. The molecule has 7 heteroatoms. The molecule has 1 aliphatic rings. The number of aromatic amines is 1. The number of hydrogen-bond donors (Lipinski definition) is 1. The molecule has 4 rings (SSSR count). The lowest BCUT2D eigenvalue weighted by Crippen LogP contribution is -2.52. The Morgan fingerprint density at radius 3 is 2.25 bits per heavy atom. The predicted octanol–water partition coefficient (Wildman–Crippen LogP) is 2.47. The number of benzene rings is 2. The van der Waals surface area contributed by atoms with Gasteiger partial charge in [-0.15, -0.1) is 0 Å². The monoisotopic (exact) mass is 379 g/mol. The van der Waals surface area contributed by atoms with Gasteiger partial charge in [0.25, 0.3) is 17.6 Å². The van der Waals surface area contributed by atoms with Gasteiger partial charge in [0.05, 0.1) is 5.56 Å². The van der Waals surface area contributed by atoms with Crippen molar-refractivity contribution in [2.24, 2.45) is 0 Å². The summed E-state index contributed by atoms with van der Waals surface area (Å²) < 4.78 is 14.1. The van der Waals surface area contributed by atoms with E-state index in [-0.39, 0.29) is 29.9 Å². The van der Waals surface area contributed by atoms with Crippen LogP contribution in [0, 0.1) is 5.82 Å². The maximum absolute atomic E-state index is 14.1. The van der Waals surface area contributed by atoms with Gasteiger partial charge >= 0.3 is 0 Å². The Balaban J connectivity index is 1.45. The zero-order valence-corrected chi connectivity index (χ0v) is 15.0. The van der Waals surface area contributed by atoms with E-state index in [4.69, 9.17) is 0 Å². The zero-order chi connectivity index (χ0) is 19.7. The van der Waals surface area contributed by atoms with Crippen LogP contribution in [0.4, 0.5) is 4.39 Å². The molecule has 28 heavy (non-hydrogen) atoms. The molecule has 0 unspecified atom stereocenters. The highest BCUT2D eigenvalue weighted by atomic mass is 19.1. The van der Waals surface area contributed by atoms with E-state index >= 15 is 0 Å². The van der Waals surface area contributed by atoms with Gasteiger partial charge in [0, 0.05) is 48.8 Å². The molecule has 0 aliphatic carbocycles. The molecule has 1 N–H and O–H groups in total. The van der Waals surface area contributed by atoms with E-state index in [0.29, 0.717) is 24.2 Å². The number of amides is 2. The largest absolute Gasteiger partial charge is 0.360 e. The summed E-state index contributed by atoms with van der Waals surface area (Å²) >= 11 is 0. The van der Waals surface area contributed by atoms with Crippen molar-refractivity contribution in [1.29, 1.82) is 0 Å². The Hall–Kier alpha value is -3.48. The first kappa shape index (κ1) is 17.9. The smallest absolute Gasteiger partial charge is 0.295 e. The van der Waals surface area contributed by atoms with Gasteiger partial charge in [-0.3, -0.25) is 14.4 Å². The van der Waals surface area contributed by atoms with Crippen molar-refractivity contribution in [2.75, 3.05) is 26.2 Å². The van der Waals surface area contributed by atoms with Crippen molar-refractivity contribution in [1.82, 2.24) is 14.8 Å². The van der Waals surface area contributed by atoms with Gasteiger partial charge < -0.3 is 14.8 Å². The summed E-state index contributed by atoms with van der Waals surface area (Å²) in [5, 5.41) is 0.124. The Labute approximate surface area is 160 Å². The maximum Gasteiger partial charge on any atom is 0.295 e. The third-order valence-corrected chi connectivity index (χ3v) is 4.97. The standard InChI is InChI=1S/C21H18FN3O3/c22-16-7-4-8-17-18(16)15(13-23-17)19(26)21(28)25-11-9-24(10-12-25)20(27)14-5-2-1-3-6-14/h1-8,13,23H,9-12H2. The molecule has 0 bridgehead atoms. The number of nitrogens with one attached hydrogen (secondary N) is 1. The molecule has 0 radical (unpaired) electrons. The van der Waals surface area contributed by atoms with Crippen LogP contribution >= 0.6 is 0 Å². The van der Waals surface area contributed by atoms with Crippen molar-refractivity contribution in [3.63, 3.8) is 0 Å². The zero-order valence-electron chi connectivity index (χ0n) is 15.0. The molecule has 2 amide bonds. The number of hydrogen-bond acceptors (Lipinski definition) is 3. The molecule has 3 aromatic rings. The molecular formula is C21H18FN3O3. The van der Waals surface area contributed by atoms with Gasteiger partial charge in [0.1, 0.15) is 5.82 Å². The average molecular weight is 379 g/mol. The molecule has 0 atom stereocenters. The third-order valence-electron chi connectivity index (χ3n) is 4.97. The number of aromatic nitrogens is 1. The topological polar surface area (TPSA) is 73.5 Å². The first-order valence-electron chi connectivity index (χ1n) is 9.00. The first-order chi connectivity index (χ1) is 13.6. The van der Waals surface area contributed by atoms with E-state index in [2.05, 4.69) is 4.98 Å². The fourth-order valence-corrected chi connectivity index (χ4v) is 3.45. The molecule has 142 valence electrons. The Morgan fingerprint density at radius 2 is 1.54 bits per heavy atom. The van der Waals surface area contributed by atoms with Crippen LogP contribution in [-0.2, 0) is 4.79 Å². The van der Waals surface area contributed by atoms with E-state index in [1.165, 1.54) is 23.2 Å². The molecule has 1 saturated heterocycles. The number of piperazine rings is 1. The molecular weight excluding hydrogens is 361 g/mol. The van der Waals surface area contributed by atoms with Crippen LogP contribution in [0.25, 0.3) is 10.9 Å². The number of Topliss-reactive ketones (excluding diaryl/α,β-unsaturated/α-hetero) is 1. The summed E-state index contributed by atoms with van der Waals surface area (Å²) in [5.74, 6) is -2.08. The minimum absolute atomic E-state index is 0.0286. The van der Waals surface area contributed by atoms with Crippen LogP contribution in [0.1, 0.15) is 20.7 Å². The highest BCUT2D eigenvalue weighted by Crippen LogP contribution is 2.22. The van der Waals surface area contributed by atoms with Crippen LogP contribution in [-0.4, -0.2) is 58.6 Å². The highest BCUT2D eigenvalue weighted by molar-refractivity contribution is 6.44. The van der Waals surface area contributed by atoms with E-state index in [1.807, 2.05) is 6.07 Å². The van der Waals surface area contributed by atoms with Crippen molar-refractivity contribution in [3.8, 4) is 0 Å². The summed E-state index contributed by atoms with van der Waals surface area (Å²) in [4.78, 5) is 43.7. The molecule has 0 saturated carbocycles. The van der Waals surface area contributed by atoms with Crippen molar-refractivity contribution in [2.45, 2.75) is 0 Å². The van der Waals surface area contributed by atoms with E-state index in [0.717, 1.165) is 0 Å². The second-order valence-electron chi connectivity index (χ2n) is 6.64. The van der Waals surface area contributed by atoms with E-state index in [1.54, 1.807) is 35.2 Å². The van der Waals surface area contributed by atoms with Crippen LogP contribution < -0.4 is 0 Å². The Kier molecular flexibility index (Phi) is 4.65. The molecule has 0 spiro atoms. The third kappa shape index (κ3) is 3.15. The van der Waals surface area contributed by atoms with Crippen LogP contribution in [0.5, 0.6) is 0 Å². The minimum atomic E-state index is -0.751. The van der Waals surface area contributed by atoms with E-state index in [9.17, 15) is 18.8 Å². The van der Waals surface area contributed by atoms with Crippen LogP contribution in [0.3, 0.4) is 0 Å². The first-order valence-corrected chi connectivity index (χ1v) is 9.00. The second-order valence-corrected chi connectivity index (χ2v) is 6.64. The van der Waals surface area contributed by atoms with Gasteiger partial charge in [0.2, 0.25) is 0 Å². The fourth-order valence-electron chi connectivity index (χ4n) is 3.45. The summed E-state index contributed by atoms with van der Waals surface area (Å²) in [6, 6.07) is 13.4. The number of nitrogens with zero attached hydrogens (tertiary/aromatic N) is 2. The lowest BCUT2D eigenvalue weighted by molar-refractivity contribution is -0.127. The summed E-state index contributed by atoms with van der Waals surface area (Å²) in [6.45, 7) is 1.20. The average Bonchev–Trinajstić information content (AvgIpc) is 3.18. The van der Waals surface area contributed by atoms with Crippen molar-refractivity contribution >= 4 is 28.5 Å². The number of carbonyl (C=O) groups excluding carboxylic acids is 3. The lowest BCUT2D eigenvalue weighted by Gasteiger charge is -2.34. The van der Waals surface area contributed by atoms with Crippen molar-refractivity contribution in [3.05, 3.63) is 71.7 Å². The number of halogens is 1. The van der Waals surface area contributed by atoms with E-state index < -0.39 is 17.5 Å². The second kappa shape index (κ2) is 7.26. The maximum atomic E-state index is 14.1. The SMILES string of the molecule is O=C(C(=O)N1CCN(C(=O)c2ccccc2)CC1)c1c[nH]c2cccc(F)c12. The van der Waals surface area contributed by atoms with Gasteiger partial charge in [-0.2, -0.15) is 0 Å². The highest BCUT2D eigenvalue weighted by Gasteiger charge is 2.30. The number of H-pyrrole nitrogens is 1. The Morgan fingerprint density at radius 1 is 0.857 bits per heavy atom. The minimum Gasteiger partial charge on any atom is -0.360 e. The number of fused-ring (bicyclic) bond motifs is 1. The number of rotatable bonds is 3. The summed E-state index contributed by atoms with van der Waals surface area (Å²) in [6.07, 6.45) is 1.36. The van der Waals surface area contributed by atoms with Gasteiger partial charge in [0.15, 0.2) is 0 Å². The normalized spacial score (nSPS) is 14.3. The van der Waals surface area contributed by atoms with Gasteiger partial charge in [-0.1, -0.05) is 24.3 Å². The summed E-state index contributed by atoms with van der Waals surface area (Å²) in [5.41, 5.74) is 1.09.